The maximum atomic E-state index is 11.0. The van der Waals surface area contributed by atoms with E-state index in [2.05, 4.69) is 12.3 Å². The van der Waals surface area contributed by atoms with Crippen molar-refractivity contribution in [1.29, 1.82) is 0 Å². The lowest BCUT2D eigenvalue weighted by Crippen LogP contribution is -2.38. The Morgan fingerprint density at radius 3 is 2.64 bits per heavy atom. The van der Waals surface area contributed by atoms with Gasteiger partial charge in [-0.3, -0.25) is 10.2 Å². The van der Waals surface area contributed by atoms with Gasteiger partial charge in [0.2, 0.25) is 0 Å². The molecule has 1 aliphatic rings. The highest BCUT2D eigenvalue weighted by molar-refractivity contribution is 5.81. The SMILES string of the molecule is CCC1CC(C(C)=O)N(C)N1. The van der Waals surface area contributed by atoms with E-state index in [9.17, 15) is 4.79 Å². The van der Waals surface area contributed by atoms with Crippen molar-refractivity contribution >= 4 is 5.78 Å². The van der Waals surface area contributed by atoms with Crippen molar-refractivity contribution in [3.63, 3.8) is 0 Å². The van der Waals surface area contributed by atoms with Crippen LogP contribution < -0.4 is 5.43 Å². The molecule has 2 atom stereocenters. The highest BCUT2D eigenvalue weighted by Crippen LogP contribution is 2.15. The van der Waals surface area contributed by atoms with Crippen LogP contribution in [-0.2, 0) is 4.79 Å². The fourth-order valence-corrected chi connectivity index (χ4v) is 1.55. The normalized spacial score (nSPS) is 32.6. The number of nitrogens with one attached hydrogen (secondary N) is 1. The first-order chi connectivity index (χ1) is 5.15. The molecule has 0 saturated carbocycles. The molecule has 0 aromatic carbocycles. The molecule has 11 heavy (non-hydrogen) atoms. The van der Waals surface area contributed by atoms with E-state index in [0.717, 1.165) is 12.8 Å². The monoisotopic (exact) mass is 156 g/mol. The van der Waals surface area contributed by atoms with Crippen LogP contribution in [0.5, 0.6) is 0 Å². The van der Waals surface area contributed by atoms with Gasteiger partial charge in [-0.2, -0.15) is 0 Å². The predicted octanol–water partition coefficient (Wildman–Crippen LogP) is 0.563. The molecule has 1 aliphatic heterocycles. The highest BCUT2D eigenvalue weighted by Gasteiger charge is 2.30. The maximum absolute atomic E-state index is 11.0. The molecule has 0 amide bonds. The van der Waals surface area contributed by atoms with E-state index >= 15 is 0 Å². The summed E-state index contributed by atoms with van der Waals surface area (Å²) in [6.45, 7) is 3.79. The first-order valence-corrected chi connectivity index (χ1v) is 4.14. The number of hydrazine groups is 1. The third-order valence-electron chi connectivity index (χ3n) is 2.32. The van der Waals surface area contributed by atoms with Crippen molar-refractivity contribution < 1.29 is 4.79 Å². The van der Waals surface area contributed by atoms with Gasteiger partial charge >= 0.3 is 0 Å². The largest absolute Gasteiger partial charge is 0.298 e. The second kappa shape index (κ2) is 3.32. The average Bonchev–Trinajstić information content (AvgIpc) is 2.30. The Morgan fingerprint density at radius 1 is 1.73 bits per heavy atom. The molecular formula is C8H16N2O. The van der Waals surface area contributed by atoms with E-state index in [1.165, 1.54) is 0 Å². The molecule has 2 unspecified atom stereocenters. The van der Waals surface area contributed by atoms with Crippen molar-refractivity contribution in [2.75, 3.05) is 7.05 Å². The van der Waals surface area contributed by atoms with E-state index in [0.29, 0.717) is 6.04 Å². The molecule has 0 aliphatic carbocycles. The number of ketones is 1. The fraction of sp³-hybridized carbons (Fsp3) is 0.875. The molecule has 0 bridgehead atoms. The Morgan fingerprint density at radius 2 is 2.36 bits per heavy atom. The molecule has 3 heteroatoms. The third-order valence-corrected chi connectivity index (χ3v) is 2.32. The summed E-state index contributed by atoms with van der Waals surface area (Å²) in [5.74, 6) is 0.260. The number of carbonyl (C=O) groups is 1. The maximum Gasteiger partial charge on any atom is 0.148 e. The van der Waals surface area contributed by atoms with Crippen LogP contribution in [0.4, 0.5) is 0 Å². The molecule has 1 heterocycles. The van der Waals surface area contributed by atoms with Crippen LogP contribution in [0.2, 0.25) is 0 Å². The van der Waals surface area contributed by atoms with Crippen LogP contribution in [0.1, 0.15) is 26.7 Å². The second-order valence-corrected chi connectivity index (χ2v) is 3.21. The van der Waals surface area contributed by atoms with Gasteiger partial charge in [-0.25, -0.2) is 5.01 Å². The highest BCUT2D eigenvalue weighted by atomic mass is 16.1. The summed E-state index contributed by atoms with van der Waals surface area (Å²) < 4.78 is 0. The lowest BCUT2D eigenvalue weighted by molar-refractivity contribution is -0.121. The molecular weight excluding hydrogens is 140 g/mol. The van der Waals surface area contributed by atoms with Crippen molar-refractivity contribution in [2.24, 2.45) is 0 Å². The second-order valence-electron chi connectivity index (χ2n) is 3.21. The van der Waals surface area contributed by atoms with Gasteiger partial charge in [0.1, 0.15) is 5.78 Å². The zero-order valence-corrected chi connectivity index (χ0v) is 7.42. The molecule has 1 rings (SSSR count). The predicted molar refractivity (Wildman–Crippen MR) is 44.1 cm³/mol. The van der Waals surface area contributed by atoms with Crippen molar-refractivity contribution in [3.8, 4) is 0 Å². The van der Waals surface area contributed by atoms with Crippen LogP contribution in [0.15, 0.2) is 0 Å². The molecule has 1 N–H and O–H groups in total. The standard InChI is InChI=1S/C8H16N2O/c1-4-7-5-8(6(2)11)10(3)9-7/h7-9H,4-5H2,1-3H3. The van der Waals surface area contributed by atoms with E-state index in [1.807, 2.05) is 12.1 Å². The van der Waals surface area contributed by atoms with Gasteiger partial charge in [0.15, 0.2) is 0 Å². The minimum atomic E-state index is 0.0972. The van der Waals surface area contributed by atoms with Gasteiger partial charge in [0, 0.05) is 13.1 Å². The molecule has 0 aromatic rings. The zero-order chi connectivity index (χ0) is 8.43. The third kappa shape index (κ3) is 1.79. The minimum Gasteiger partial charge on any atom is -0.298 e. The summed E-state index contributed by atoms with van der Waals surface area (Å²) in [6, 6.07) is 0.592. The van der Waals surface area contributed by atoms with Gasteiger partial charge in [-0.05, 0) is 19.8 Å². The van der Waals surface area contributed by atoms with E-state index in [1.54, 1.807) is 6.92 Å². The lowest BCUT2D eigenvalue weighted by atomic mass is 10.1. The summed E-state index contributed by atoms with van der Waals surface area (Å²) in [4.78, 5) is 11.0. The zero-order valence-electron chi connectivity index (χ0n) is 7.42. The number of hydrogen-bond acceptors (Lipinski definition) is 3. The van der Waals surface area contributed by atoms with Crippen molar-refractivity contribution in [1.82, 2.24) is 10.4 Å². The molecule has 3 nitrogen and oxygen atoms in total. The van der Waals surface area contributed by atoms with Gasteiger partial charge in [-0.1, -0.05) is 6.92 Å². The summed E-state index contributed by atoms with van der Waals surface area (Å²) in [7, 11) is 1.93. The minimum absolute atomic E-state index is 0.0972. The smallest absolute Gasteiger partial charge is 0.148 e. The topological polar surface area (TPSA) is 32.3 Å². The summed E-state index contributed by atoms with van der Waals surface area (Å²) >= 11 is 0. The molecule has 64 valence electrons. The quantitative estimate of drug-likeness (QED) is 0.634. The molecule has 1 fully saturated rings. The Hall–Kier alpha value is -0.410. The van der Waals surface area contributed by atoms with Crippen LogP contribution in [0.3, 0.4) is 0 Å². The lowest BCUT2D eigenvalue weighted by Gasteiger charge is -2.15. The Balaban J connectivity index is 2.51. The molecule has 0 aromatic heterocycles. The summed E-state index contributed by atoms with van der Waals surface area (Å²) in [6.07, 6.45) is 2.05. The molecule has 0 radical (unpaired) electrons. The Labute approximate surface area is 67.7 Å². The summed E-state index contributed by atoms with van der Waals surface area (Å²) in [5.41, 5.74) is 3.25. The van der Waals surface area contributed by atoms with Gasteiger partial charge in [-0.15, -0.1) is 0 Å². The Bertz CT molecular complexity index is 158. The molecule has 1 saturated heterocycles. The number of carbonyl (C=O) groups excluding carboxylic acids is 1. The number of Topliss-reactive ketones (excluding diaryl/α,β-unsaturated/α-hetero) is 1. The number of hydrogen-bond donors (Lipinski definition) is 1. The first-order valence-electron chi connectivity index (χ1n) is 4.14. The van der Waals surface area contributed by atoms with Gasteiger partial charge < -0.3 is 0 Å². The number of rotatable bonds is 2. The summed E-state index contributed by atoms with van der Waals surface area (Å²) in [5, 5.41) is 1.93. The van der Waals surface area contributed by atoms with Crippen molar-refractivity contribution in [2.45, 2.75) is 38.8 Å². The van der Waals surface area contributed by atoms with Crippen LogP contribution >= 0.6 is 0 Å². The van der Waals surface area contributed by atoms with Crippen molar-refractivity contribution in [3.05, 3.63) is 0 Å². The fourth-order valence-electron chi connectivity index (χ4n) is 1.55. The number of likely N-dealkylation sites (N-methyl/N-ethyl adjacent to an activating group) is 1. The van der Waals surface area contributed by atoms with Crippen LogP contribution in [-0.4, -0.2) is 29.9 Å². The Kier molecular flexibility index (Phi) is 2.62. The van der Waals surface area contributed by atoms with Gasteiger partial charge in [0.05, 0.1) is 6.04 Å². The van der Waals surface area contributed by atoms with E-state index < -0.39 is 0 Å². The van der Waals surface area contributed by atoms with E-state index in [4.69, 9.17) is 0 Å². The molecule has 0 spiro atoms. The van der Waals surface area contributed by atoms with Gasteiger partial charge in [0.25, 0.3) is 0 Å². The first kappa shape index (κ1) is 8.68. The van der Waals surface area contributed by atoms with Crippen LogP contribution in [0.25, 0.3) is 0 Å². The number of nitrogens with zero attached hydrogens (tertiary/aromatic N) is 1. The average molecular weight is 156 g/mol. The van der Waals surface area contributed by atoms with E-state index in [-0.39, 0.29) is 11.8 Å². The van der Waals surface area contributed by atoms with Crippen LogP contribution in [0, 0.1) is 0 Å².